The van der Waals surface area contributed by atoms with Crippen LogP contribution in [0, 0.1) is 5.92 Å². The van der Waals surface area contributed by atoms with Crippen LogP contribution < -0.4 is 10.6 Å². The van der Waals surface area contributed by atoms with Gasteiger partial charge in [0.2, 0.25) is 5.91 Å². The molecule has 3 nitrogen and oxygen atoms in total. The summed E-state index contributed by atoms with van der Waals surface area (Å²) in [6.07, 6.45) is 8.04. The third kappa shape index (κ3) is 3.46. The molecule has 0 radical (unpaired) electrons. The lowest BCUT2D eigenvalue weighted by Gasteiger charge is -2.30. The molecule has 1 aliphatic carbocycles. The molecule has 1 atom stereocenters. The predicted molar refractivity (Wildman–Crippen MR) is 86.4 cm³/mol. The van der Waals surface area contributed by atoms with Gasteiger partial charge >= 0.3 is 0 Å². The number of anilines is 1. The molecule has 1 fully saturated rings. The summed E-state index contributed by atoms with van der Waals surface area (Å²) in [6, 6.07) is 7.06. The molecule has 1 unspecified atom stereocenters. The highest BCUT2D eigenvalue weighted by molar-refractivity contribution is 5.92. The van der Waals surface area contributed by atoms with Crippen LogP contribution >= 0.6 is 0 Å². The first-order chi connectivity index (χ1) is 10.3. The van der Waals surface area contributed by atoms with E-state index in [2.05, 4.69) is 35.8 Å². The molecule has 2 aliphatic rings. The number of fused-ring (bicyclic) bond motifs is 1. The van der Waals surface area contributed by atoms with Crippen molar-refractivity contribution in [2.45, 2.75) is 57.9 Å². The molecule has 1 heterocycles. The number of hydrogen-bond donors (Lipinski definition) is 2. The molecule has 1 aliphatic heterocycles. The third-order valence-electron chi connectivity index (χ3n) is 4.90. The summed E-state index contributed by atoms with van der Waals surface area (Å²) in [4.78, 5) is 11.6. The molecule has 3 heteroatoms. The summed E-state index contributed by atoms with van der Waals surface area (Å²) in [5, 5.41) is 6.67. The van der Waals surface area contributed by atoms with E-state index in [0.717, 1.165) is 31.0 Å². The maximum atomic E-state index is 11.6. The van der Waals surface area contributed by atoms with Gasteiger partial charge in [0.1, 0.15) is 0 Å². The molecule has 1 aromatic carbocycles. The quantitative estimate of drug-likeness (QED) is 0.864. The van der Waals surface area contributed by atoms with Gasteiger partial charge in [-0.2, -0.15) is 0 Å². The summed E-state index contributed by atoms with van der Waals surface area (Å²) in [7, 11) is 0. The van der Waals surface area contributed by atoms with E-state index in [1.165, 1.54) is 36.8 Å². The number of carbonyl (C=O) groups is 1. The largest absolute Gasteiger partial charge is 0.326 e. The Kier molecular flexibility index (Phi) is 4.59. The summed E-state index contributed by atoms with van der Waals surface area (Å²) < 4.78 is 0. The second kappa shape index (κ2) is 6.61. The minimum atomic E-state index is 0.152. The smallest absolute Gasteiger partial charge is 0.224 e. The summed E-state index contributed by atoms with van der Waals surface area (Å²) in [6.45, 7) is 3.18. The summed E-state index contributed by atoms with van der Waals surface area (Å²) >= 11 is 0. The minimum absolute atomic E-state index is 0.152. The van der Waals surface area contributed by atoms with E-state index in [1.54, 1.807) is 0 Å². The zero-order valence-electron chi connectivity index (χ0n) is 13.0. The molecule has 0 saturated heterocycles. The first-order valence-corrected chi connectivity index (χ1v) is 8.42. The Balaban J connectivity index is 1.79. The molecule has 0 aromatic heterocycles. The van der Waals surface area contributed by atoms with Gasteiger partial charge < -0.3 is 10.6 Å². The van der Waals surface area contributed by atoms with E-state index in [-0.39, 0.29) is 5.91 Å². The zero-order valence-corrected chi connectivity index (χ0v) is 13.0. The Morgan fingerprint density at radius 1 is 1.29 bits per heavy atom. The van der Waals surface area contributed by atoms with Crippen LogP contribution in [0.3, 0.4) is 0 Å². The Morgan fingerprint density at radius 2 is 2.14 bits per heavy atom. The lowest BCUT2D eigenvalue weighted by Crippen LogP contribution is -2.26. The van der Waals surface area contributed by atoms with Crippen molar-refractivity contribution in [2.24, 2.45) is 5.92 Å². The SMILES string of the molecule is CCNC(CC1CCC1)c1ccc2c(c1)CCCC(=O)N2. The topological polar surface area (TPSA) is 41.1 Å². The van der Waals surface area contributed by atoms with Crippen molar-refractivity contribution in [2.75, 3.05) is 11.9 Å². The van der Waals surface area contributed by atoms with Crippen LogP contribution in [0.4, 0.5) is 5.69 Å². The van der Waals surface area contributed by atoms with Crippen LogP contribution in [0.25, 0.3) is 0 Å². The van der Waals surface area contributed by atoms with E-state index in [4.69, 9.17) is 0 Å². The van der Waals surface area contributed by atoms with Crippen molar-refractivity contribution >= 4 is 11.6 Å². The molecule has 1 aromatic rings. The van der Waals surface area contributed by atoms with Gasteiger partial charge in [0, 0.05) is 18.2 Å². The van der Waals surface area contributed by atoms with Crippen molar-refractivity contribution in [1.82, 2.24) is 5.32 Å². The van der Waals surface area contributed by atoms with Crippen molar-refractivity contribution in [3.63, 3.8) is 0 Å². The van der Waals surface area contributed by atoms with Gasteiger partial charge in [-0.15, -0.1) is 0 Å². The highest BCUT2D eigenvalue weighted by Crippen LogP contribution is 2.36. The van der Waals surface area contributed by atoms with Crippen LogP contribution in [0.2, 0.25) is 0 Å². The fourth-order valence-electron chi connectivity index (χ4n) is 3.46. The fraction of sp³-hybridized carbons (Fsp3) is 0.611. The maximum absolute atomic E-state index is 11.6. The van der Waals surface area contributed by atoms with Crippen LogP contribution in [0.1, 0.15) is 62.6 Å². The first-order valence-electron chi connectivity index (χ1n) is 8.42. The maximum Gasteiger partial charge on any atom is 0.224 e. The van der Waals surface area contributed by atoms with E-state index < -0.39 is 0 Å². The number of rotatable bonds is 5. The second-order valence-electron chi connectivity index (χ2n) is 6.46. The Hall–Kier alpha value is -1.35. The molecule has 1 amide bonds. The summed E-state index contributed by atoms with van der Waals surface area (Å²) in [5.74, 6) is 1.05. The number of hydrogen-bond acceptors (Lipinski definition) is 2. The lowest BCUT2D eigenvalue weighted by atomic mass is 9.79. The van der Waals surface area contributed by atoms with Gasteiger partial charge in [-0.1, -0.05) is 38.3 Å². The van der Waals surface area contributed by atoms with Crippen molar-refractivity contribution in [3.05, 3.63) is 29.3 Å². The number of amides is 1. The van der Waals surface area contributed by atoms with Gasteiger partial charge in [-0.25, -0.2) is 0 Å². The Labute approximate surface area is 127 Å². The predicted octanol–water partition coefficient (Wildman–Crippen LogP) is 3.80. The van der Waals surface area contributed by atoms with Crippen LogP contribution in [0.5, 0.6) is 0 Å². The Morgan fingerprint density at radius 3 is 2.86 bits per heavy atom. The van der Waals surface area contributed by atoms with Crippen LogP contribution in [-0.2, 0) is 11.2 Å². The molecule has 21 heavy (non-hydrogen) atoms. The van der Waals surface area contributed by atoms with Crippen molar-refractivity contribution in [1.29, 1.82) is 0 Å². The molecule has 114 valence electrons. The number of nitrogens with one attached hydrogen (secondary N) is 2. The van der Waals surface area contributed by atoms with Crippen LogP contribution in [0.15, 0.2) is 18.2 Å². The third-order valence-corrected chi connectivity index (χ3v) is 4.90. The molecule has 0 bridgehead atoms. The molecule has 2 N–H and O–H groups in total. The van der Waals surface area contributed by atoms with E-state index in [0.29, 0.717) is 12.5 Å². The van der Waals surface area contributed by atoms with Crippen molar-refractivity contribution < 1.29 is 4.79 Å². The van der Waals surface area contributed by atoms with Gasteiger partial charge in [0.25, 0.3) is 0 Å². The summed E-state index contributed by atoms with van der Waals surface area (Å²) in [5.41, 5.74) is 3.70. The molecule has 0 spiro atoms. The van der Waals surface area contributed by atoms with Gasteiger partial charge in [-0.3, -0.25) is 4.79 Å². The van der Waals surface area contributed by atoms with E-state index in [9.17, 15) is 4.79 Å². The fourth-order valence-corrected chi connectivity index (χ4v) is 3.46. The normalized spacial score (nSPS) is 20.1. The Bertz CT molecular complexity index is 508. The molecule has 3 rings (SSSR count). The zero-order chi connectivity index (χ0) is 14.7. The molecular weight excluding hydrogens is 260 g/mol. The highest BCUT2D eigenvalue weighted by Gasteiger charge is 2.23. The second-order valence-corrected chi connectivity index (χ2v) is 6.46. The molecular formula is C18H26N2O. The lowest BCUT2D eigenvalue weighted by molar-refractivity contribution is -0.116. The molecule has 1 saturated carbocycles. The number of aryl methyl sites for hydroxylation is 1. The van der Waals surface area contributed by atoms with E-state index >= 15 is 0 Å². The number of benzene rings is 1. The van der Waals surface area contributed by atoms with Gasteiger partial charge in [-0.05, 0) is 48.9 Å². The standard InChI is InChI=1S/C18H26N2O/c1-2-19-17(11-13-5-3-6-13)15-9-10-16-14(12-15)7-4-8-18(21)20-16/h9-10,12-13,17,19H,2-8,11H2,1H3,(H,20,21). The first kappa shape index (κ1) is 14.6. The van der Waals surface area contributed by atoms with Crippen LogP contribution in [-0.4, -0.2) is 12.5 Å². The van der Waals surface area contributed by atoms with Crippen molar-refractivity contribution in [3.8, 4) is 0 Å². The van der Waals surface area contributed by atoms with Gasteiger partial charge in [0.15, 0.2) is 0 Å². The average molecular weight is 286 g/mol. The number of carbonyl (C=O) groups excluding carboxylic acids is 1. The minimum Gasteiger partial charge on any atom is -0.326 e. The highest BCUT2D eigenvalue weighted by atomic mass is 16.1. The van der Waals surface area contributed by atoms with E-state index in [1.807, 2.05) is 0 Å². The average Bonchev–Trinajstić information content (AvgIpc) is 2.61. The van der Waals surface area contributed by atoms with Gasteiger partial charge in [0.05, 0.1) is 0 Å². The monoisotopic (exact) mass is 286 g/mol.